The van der Waals surface area contributed by atoms with Crippen LogP contribution >= 0.6 is 30.3 Å². The minimum absolute atomic E-state index is 0.128. The average Bonchev–Trinajstić information content (AvgIpc) is 3.60. The highest BCUT2D eigenvalue weighted by Gasteiger charge is 2.50. The standard InChI is InChI=1S/C24H27F2N4O6PS2/c1-23(2,3)18(21(33)30-9-4-5-15(30)19(31)29-22-27-8-10-38-22)28-20(32)17-12-13-11-14(6-7-16(13)39-17)24(25,26)37(34,35)36/h6-8,10-12,15,18H,4-5,9H2,1-3H3,(H,28,32)(H,27,29,31)(H2,34,35,36)/t15-,18?/m0/s1. The van der Waals surface area contributed by atoms with Gasteiger partial charge in [-0.15, -0.1) is 22.7 Å². The van der Waals surface area contributed by atoms with Gasteiger partial charge in [-0.1, -0.05) is 26.8 Å². The molecule has 1 unspecified atom stereocenters. The van der Waals surface area contributed by atoms with Gasteiger partial charge in [-0.05, 0) is 41.8 Å². The second-order valence-corrected chi connectivity index (χ2v) is 13.9. The zero-order valence-corrected chi connectivity index (χ0v) is 23.7. The highest BCUT2D eigenvalue weighted by atomic mass is 32.1. The Labute approximate surface area is 230 Å². The number of hydrogen-bond acceptors (Lipinski definition) is 7. The van der Waals surface area contributed by atoms with E-state index in [1.54, 1.807) is 32.3 Å². The number of thiazole rings is 1. The molecule has 39 heavy (non-hydrogen) atoms. The van der Waals surface area contributed by atoms with Gasteiger partial charge in [-0.3, -0.25) is 18.9 Å². The van der Waals surface area contributed by atoms with E-state index < -0.39 is 48.1 Å². The third-order valence-corrected chi connectivity index (χ3v) is 9.14. The molecule has 0 radical (unpaired) electrons. The van der Waals surface area contributed by atoms with Gasteiger partial charge in [0.05, 0.1) is 4.88 Å². The van der Waals surface area contributed by atoms with Gasteiger partial charge < -0.3 is 25.3 Å². The van der Waals surface area contributed by atoms with E-state index in [1.165, 1.54) is 28.4 Å². The molecule has 1 aliphatic heterocycles. The molecule has 210 valence electrons. The molecule has 4 N–H and O–H groups in total. The summed E-state index contributed by atoms with van der Waals surface area (Å²) in [4.78, 5) is 63.5. The highest BCUT2D eigenvalue weighted by Crippen LogP contribution is 2.59. The Bertz CT molecular complexity index is 1450. The van der Waals surface area contributed by atoms with Crippen LogP contribution in [0.4, 0.5) is 13.9 Å². The van der Waals surface area contributed by atoms with E-state index >= 15 is 0 Å². The number of hydrogen-bond donors (Lipinski definition) is 4. The number of amides is 3. The first-order chi connectivity index (χ1) is 18.1. The summed E-state index contributed by atoms with van der Waals surface area (Å²) in [6.07, 6.45) is 2.64. The number of aromatic nitrogens is 1. The van der Waals surface area contributed by atoms with Crippen LogP contribution in [0.25, 0.3) is 10.1 Å². The van der Waals surface area contributed by atoms with Crippen LogP contribution < -0.4 is 10.6 Å². The number of anilines is 1. The lowest BCUT2D eigenvalue weighted by molar-refractivity contribution is -0.140. The minimum atomic E-state index is -5.75. The van der Waals surface area contributed by atoms with Crippen molar-refractivity contribution >= 4 is 63.2 Å². The predicted octanol–water partition coefficient (Wildman–Crippen LogP) is 4.36. The molecule has 1 saturated heterocycles. The quantitative estimate of drug-likeness (QED) is 0.295. The Morgan fingerprint density at radius 1 is 1.21 bits per heavy atom. The molecule has 1 aromatic carbocycles. The van der Waals surface area contributed by atoms with Crippen molar-refractivity contribution in [1.82, 2.24) is 15.2 Å². The van der Waals surface area contributed by atoms with Crippen molar-refractivity contribution in [3.05, 3.63) is 46.3 Å². The SMILES string of the molecule is CC(C)(C)C(NC(=O)c1cc2cc(C(F)(F)P(=O)(O)O)ccc2s1)C(=O)N1CCC[C@H]1C(=O)Nc1nccs1. The Hall–Kier alpha value is -2.77. The maximum atomic E-state index is 14.2. The van der Waals surface area contributed by atoms with Crippen molar-refractivity contribution in [2.45, 2.75) is 51.4 Å². The number of nitrogens with one attached hydrogen (secondary N) is 2. The van der Waals surface area contributed by atoms with Crippen molar-refractivity contribution in [3.63, 3.8) is 0 Å². The molecule has 0 bridgehead atoms. The number of carbonyl (C=O) groups excluding carboxylic acids is 3. The number of thiophene rings is 1. The maximum Gasteiger partial charge on any atom is 0.399 e. The molecule has 2 aromatic heterocycles. The topological polar surface area (TPSA) is 149 Å². The van der Waals surface area contributed by atoms with Gasteiger partial charge in [-0.25, -0.2) is 4.98 Å². The molecule has 1 aliphatic rings. The molecular weight excluding hydrogens is 573 g/mol. The first-order valence-electron chi connectivity index (χ1n) is 11.9. The van der Waals surface area contributed by atoms with E-state index in [-0.39, 0.29) is 16.2 Å². The van der Waals surface area contributed by atoms with Crippen molar-refractivity contribution in [2.75, 3.05) is 11.9 Å². The van der Waals surface area contributed by atoms with Gasteiger partial charge in [0.25, 0.3) is 5.91 Å². The summed E-state index contributed by atoms with van der Waals surface area (Å²) in [5.41, 5.74) is -5.99. The molecule has 0 spiro atoms. The van der Waals surface area contributed by atoms with E-state index in [1.807, 2.05) is 0 Å². The maximum absolute atomic E-state index is 14.2. The van der Waals surface area contributed by atoms with E-state index in [9.17, 15) is 27.7 Å². The third-order valence-electron chi connectivity index (χ3n) is 6.34. The average molecular weight is 601 g/mol. The molecule has 0 aliphatic carbocycles. The number of halogens is 2. The van der Waals surface area contributed by atoms with E-state index in [2.05, 4.69) is 15.6 Å². The number of fused-ring (bicyclic) bond motifs is 1. The lowest BCUT2D eigenvalue weighted by atomic mass is 9.85. The summed E-state index contributed by atoms with van der Waals surface area (Å²) in [5.74, 6) is -1.39. The van der Waals surface area contributed by atoms with Crippen LogP contribution in [0, 0.1) is 5.41 Å². The summed E-state index contributed by atoms with van der Waals surface area (Å²) in [6.45, 7) is 5.67. The molecule has 1 fully saturated rings. The molecule has 3 aromatic rings. The molecule has 0 saturated carbocycles. The molecule has 3 heterocycles. The zero-order chi connectivity index (χ0) is 28.8. The fraction of sp³-hybridized carbons (Fsp3) is 0.417. The normalized spacial score (nSPS) is 17.3. The number of benzene rings is 1. The highest BCUT2D eigenvalue weighted by molar-refractivity contribution is 7.52. The third kappa shape index (κ3) is 6.04. The molecular formula is C24H27F2N4O6PS2. The van der Waals surface area contributed by atoms with Crippen molar-refractivity contribution in [3.8, 4) is 0 Å². The van der Waals surface area contributed by atoms with Crippen LogP contribution in [0.1, 0.15) is 48.8 Å². The van der Waals surface area contributed by atoms with Gasteiger partial charge in [-0.2, -0.15) is 8.78 Å². The molecule has 3 amide bonds. The van der Waals surface area contributed by atoms with E-state index in [0.29, 0.717) is 29.2 Å². The number of rotatable bonds is 7. The molecule has 15 heteroatoms. The summed E-state index contributed by atoms with van der Waals surface area (Å²) >= 11 is 2.25. The number of carbonyl (C=O) groups is 3. The first kappa shape index (κ1) is 29.2. The predicted molar refractivity (Wildman–Crippen MR) is 144 cm³/mol. The van der Waals surface area contributed by atoms with Gasteiger partial charge in [0.15, 0.2) is 5.13 Å². The van der Waals surface area contributed by atoms with Gasteiger partial charge in [0, 0.05) is 28.4 Å². The van der Waals surface area contributed by atoms with Crippen molar-refractivity contribution in [2.24, 2.45) is 5.41 Å². The van der Waals surface area contributed by atoms with E-state index in [0.717, 1.165) is 23.5 Å². The Morgan fingerprint density at radius 2 is 1.92 bits per heavy atom. The summed E-state index contributed by atoms with van der Waals surface area (Å²) in [5, 5.41) is 7.81. The Kier molecular flexibility index (Phi) is 7.99. The lowest BCUT2D eigenvalue weighted by Gasteiger charge is -2.35. The zero-order valence-electron chi connectivity index (χ0n) is 21.2. The van der Waals surface area contributed by atoms with Crippen LogP contribution in [0.3, 0.4) is 0 Å². The fourth-order valence-electron chi connectivity index (χ4n) is 4.30. The summed E-state index contributed by atoms with van der Waals surface area (Å²) in [6, 6.07) is 2.71. The fourth-order valence-corrected chi connectivity index (χ4v) is 6.26. The van der Waals surface area contributed by atoms with Crippen molar-refractivity contribution in [1.29, 1.82) is 0 Å². The van der Waals surface area contributed by atoms with Crippen LogP contribution in [-0.2, 0) is 19.8 Å². The molecule has 4 rings (SSSR count). The van der Waals surface area contributed by atoms with Gasteiger partial charge >= 0.3 is 13.3 Å². The summed E-state index contributed by atoms with van der Waals surface area (Å²) < 4.78 is 40.1. The molecule has 2 atom stereocenters. The van der Waals surface area contributed by atoms with Gasteiger partial charge in [0.1, 0.15) is 12.1 Å². The summed E-state index contributed by atoms with van der Waals surface area (Å²) in [7, 11) is -5.75. The monoisotopic (exact) mass is 600 g/mol. The largest absolute Gasteiger partial charge is 0.399 e. The first-order valence-corrected chi connectivity index (χ1v) is 15.2. The second kappa shape index (κ2) is 10.7. The van der Waals surface area contributed by atoms with E-state index in [4.69, 9.17) is 9.79 Å². The Morgan fingerprint density at radius 3 is 2.54 bits per heavy atom. The van der Waals surface area contributed by atoms with Crippen LogP contribution in [-0.4, -0.2) is 56.0 Å². The van der Waals surface area contributed by atoms with Crippen LogP contribution in [0.5, 0.6) is 0 Å². The smallest absolute Gasteiger partial charge is 0.339 e. The molecule has 10 nitrogen and oxygen atoms in total. The number of likely N-dealkylation sites (tertiary alicyclic amines) is 1. The minimum Gasteiger partial charge on any atom is -0.339 e. The van der Waals surface area contributed by atoms with Gasteiger partial charge in [0.2, 0.25) is 11.8 Å². The number of nitrogens with zero attached hydrogens (tertiary/aromatic N) is 2. The Balaban J connectivity index is 1.55. The van der Waals surface area contributed by atoms with Crippen LogP contribution in [0.15, 0.2) is 35.8 Å². The van der Waals surface area contributed by atoms with Crippen LogP contribution in [0.2, 0.25) is 0 Å². The second-order valence-electron chi connectivity index (χ2n) is 10.2. The number of alkyl halides is 2. The lowest BCUT2D eigenvalue weighted by Crippen LogP contribution is -2.57. The van der Waals surface area contributed by atoms with Crippen molar-refractivity contribution < 1.29 is 37.5 Å².